The highest BCUT2D eigenvalue weighted by Crippen LogP contribution is 2.28. The van der Waals surface area contributed by atoms with Crippen LogP contribution in [0, 0.1) is 6.92 Å². The minimum absolute atomic E-state index is 0.235. The Labute approximate surface area is 158 Å². The minimum atomic E-state index is -0.301. The third-order valence-corrected chi connectivity index (χ3v) is 4.34. The van der Waals surface area contributed by atoms with Crippen LogP contribution < -0.4 is 10.6 Å². The number of fused-ring (bicyclic) bond motifs is 1. The molecule has 3 rings (SSSR count). The van der Waals surface area contributed by atoms with Crippen molar-refractivity contribution in [2.24, 2.45) is 0 Å². The lowest BCUT2D eigenvalue weighted by Crippen LogP contribution is -2.30. The van der Waals surface area contributed by atoms with Gasteiger partial charge >= 0.3 is 6.03 Å². The summed E-state index contributed by atoms with van der Waals surface area (Å²) in [5.74, 6) is 0.928. The van der Waals surface area contributed by atoms with E-state index in [9.17, 15) is 4.79 Å². The molecule has 0 atom stereocenters. The van der Waals surface area contributed by atoms with Crippen LogP contribution in [-0.4, -0.2) is 27.5 Å². The summed E-state index contributed by atoms with van der Waals surface area (Å²) in [6, 6.07) is 5.34. The molecule has 0 spiro atoms. The van der Waals surface area contributed by atoms with Crippen LogP contribution in [0.2, 0.25) is 0 Å². The fourth-order valence-corrected chi connectivity index (χ4v) is 2.85. The number of amides is 2. The van der Waals surface area contributed by atoms with Crippen molar-refractivity contribution >= 4 is 23.1 Å². The highest BCUT2D eigenvalue weighted by atomic mass is 16.3. The second-order valence-electron chi connectivity index (χ2n) is 6.49. The molecular weight excluding hydrogens is 342 g/mol. The monoisotopic (exact) mass is 367 g/mol. The van der Waals surface area contributed by atoms with Gasteiger partial charge in [-0.05, 0) is 31.5 Å². The molecule has 0 aliphatic rings. The summed E-state index contributed by atoms with van der Waals surface area (Å²) >= 11 is 0. The van der Waals surface area contributed by atoms with Gasteiger partial charge in [0.1, 0.15) is 5.76 Å². The van der Waals surface area contributed by atoms with E-state index in [2.05, 4.69) is 32.5 Å². The van der Waals surface area contributed by atoms with Crippen molar-refractivity contribution in [3.05, 3.63) is 36.3 Å². The zero-order chi connectivity index (χ0) is 19.1. The lowest BCUT2D eigenvalue weighted by molar-refractivity contribution is 0.251. The second kappa shape index (κ2) is 9.12. The zero-order valence-corrected chi connectivity index (χ0v) is 15.8. The average Bonchev–Trinajstić information content (AvgIpc) is 3.10. The Morgan fingerprint density at radius 2 is 1.89 bits per heavy atom. The number of hydrogen-bond acceptors (Lipinski definition) is 5. The third-order valence-electron chi connectivity index (χ3n) is 4.34. The molecule has 0 radical (unpaired) electrons. The average molecular weight is 367 g/mol. The van der Waals surface area contributed by atoms with Crippen LogP contribution in [0.5, 0.6) is 0 Å². The molecule has 3 heterocycles. The van der Waals surface area contributed by atoms with Crippen LogP contribution >= 0.6 is 0 Å². The van der Waals surface area contributed by atoms with Crippen molar-refractivity contribution in [2.75, 3.05) is 11.9 Å². The molecule has 0 aromatic carbocycles. The van der Waals surface area contributed by atoms with Crippen LogP contribution in [0.15, 0.2) is 35.0 Å². The molecule has 0 fully saturated rings. The van der Waals surface area contributed by atoms with Gasteiger partial charge < -0.3 is 9.73 Å². The number of nitrogens with one attached hydrogen (secondary N) is 2. The summed E-state index contributed by atoms with van der Waals surface area (Å²) < 4.78 is 5.84. The van der Waals surface area contributed by atoms with E-state index in [1.54, 1.807) is 12.4 Å². The number of urea groups is 1. The summed E-state index contributed by atoms with van der Waals surface area (Å²) in [5, 5.41) is 6.35. The summed E-state index contributed by atoms with van der Waals surface area (Å²) in [7, 11) is 0. The number of anilines is 1. The quantitative estimate of drug-likeness (QED) is 0.564. The summed E-state index contributed by atoms with van der Waals surface area (Å²) in [6.45, 7) is 4.69. The molecule has 0 aliphatic heterocycles. The molecule has 7 nitrogen and oxygen atoms in total. The van der Waals surface area contributed by atoms with E-state index in [1.807, 2.05) is 25.1 Å². The van der Waals surface area contributed by atoms with Crippen molar-refractivity contribution in [1.82, 2.24) is 20.3 Å². The Morgan fingerprint density at radius 1 is 1.11 bits per heavy atom. The van der Waals surface area contributed by atoms with Gasteiger partial charge in [-0.3, -0.25) is 10.3 Å². The fourth-order valence-electron chi connectivity index (χ4n) is 2.85. The molecule has 0 saturated carbocycles. The number of aryl methyl sites for hydroxylation is 1. The molecule has 0 saturated heterocycles. The second-order valence-corrected chi connectivity index (χ2v) is 6.49. The van der Waals surface area contributed by atoms with E-state index in [0.29, 0.717) is 18.0 Å². The maximum absolute atomic E-state index is 12.0. The molecule has 0 bridgehead atoms. The number of rotatable bonds is 8. The number of aromatic nitrogens is 3. The van der Waals surface area contributed by atoms with Crippen LogP contribution in [0.3, 0.4) is 0 Å². The van der Waals surface area contributed by atoms with Gasteiger partial charge in [0, 0.05) is 24.5 Å². The van der Waals surface area contributed by atoms with Crippen LogP contribution in [0.25, 0.3) is 22.4 Å². The standard InChI is InChI=1S/C20H25N5O2/c1-3-4-5-6-7-10-22-20(26)25-19-23-14(2)16-13-17(27-18(16)24-19)15-8-11-21-12-9-15/h8-9,11-13H,3-7,10H2,1-2H3,(H2,22,23,24,25,26). The van der Waals surface area contributed by atoms with Gasteiger partial charge in [0.15, 0.2) is 0 Å². The minimum Gasteiger partial charge on any atom is -0.438 e. The molecule has 142 valence electrons. The first-order chi connectivity index (χ1) is 13.2. The Hall–Kier alpha value is -2.96. The molecule has 2 amide bonds. The van der Waals surface area contributed by atoms with Crippen LogP contribution in [0.1, 0.15) is 44.7 Å². The molecule has 3 aromatic heterocycles. The van der Waals surface area contributed by atoms with Gasteiger partial charge in [-0.25, -0.2) is 9.78 Å². The van der Waals surface area contributed by atoms with Crippen molar-refractivity contribution in [3.63, 3.8) is 0 Å². The fraction of sp³-hybridized carbons (Fsp3) is 0.400. The molecule has 27 heavy (non-hydrogen) atoms. The van der Waals surface area contributed by atoms with Crippen molar-refractivity contribution in [1.29, 1.82) is 0 Å². The lowest BCUT2D eigenvalue weighted by atomic mass is 10.1. The number of furan rings is 1. The van der Waals surface area contributed by atoms with Crippen LogP contribution in [-0.2, 0) is 0 Å². The first-order valence-corrected chi connectivity index (χ1v) is 9.41. The number of carbonyl (C=O) groups is 1. The highest BCUT2D eigenvalue weighted by molar-refractivity contribution is 5.89. The molecular formula is C20H25N5O2. The topological polar surface area (TPSA) is 92.9 Å². The Morgan fingerprint density at radius 3 is 2.67 bits per heavy atom. The van der Waals surface area contributed by atoms with E-state index < -0.39 is 0 Å². The lowest BCUT2D eigenvalue weighted by Gasteiger charge is -2.07. The third kappa shape index (κ3) is 5.03. The van der Waals surface area contributed by atoms with Crippen molar-refractivity contribution in [2.45, 2.75) is 46.0 Å². The normalized spacial score (nSPS) is 10.9. The maximum atomic E-state index is 12.0. The highest BCUT2D eigenvalue weighted by Gasteiger charge is 2.13. The van der Waals surface area contributed by atoms with E-state index in [1.165, 1.54) is 19.3 Å². The van der Waals surface area contributed by atoms with Gasteiger partial charge in [-0.2, -0.15) is 4.98 Å². The van der Waals surface area contributed by atoms with E-state index >= 15 is 0 Å². The zero-order valence-electron chi connectivity index (χ0n) is 15.8. The largest absolute Gasteiger partial charge is 0.438 e. The van der Waals surface area contributed by atoms with Gasteiger partial charge in [-0.1, -0.05) is 32.6 Å². The molecule has 0 unspecified atom stereocenters. The summed E-state index contributed by atoms with van der Waals surface area (Å²) in [4.78, 5) is 24.7. The summed E-state index contributed by atoms with van der Waals surface area (Å²) in [5.41, 5.74) is 2.11. The van der Waals surface area contributed by atoms with E-state index in [-0.39, 0.29) is 12.0 Å². The smallest absolute Gasteiger partial charge is 0.321 e. The van der Waals surface area contributed by atoms with Crippen LogP contribution in [0.4, 0.5) is 10.7 Å². The predicted molar refractivity (Wildman–Crippen MR) is 106 cm³/mol. The van der Waals surface area contributed by atoms with Crippen molar-refractivity contribution in [3.8, 4) is 11.3 Å². The van der Waals surface area contributed by atoms with Gasteiger partial charge in [-0.15, -0.1) is 0 Å². The van der Waals surface area contributed by atoms with E-state index in [0.717, 1.165) is 29.5 Å². The first kappa shape index (κ1) is 18.8. The molecule has 3 aromatic rings. The Balaban J connectivity index is 1.63. The number of carbonyl (C=O) groups excluding carboxylic acids is 1. The molecule has 0 aliphatic carbocycles. The maximum Gasteiger partial charge on any atom is 0.321 e. The summed E-state index contributed by atoms with van der Waals surface area (Å²) in [6.07, 6.45) is 9.17. The number of nitrogens with zero attached hydrogens (tertiary/aromatic N) is 3. The van der Waals surface area contributed by atoms with Gasteiger partial charge in [0.05, 0.1) is 11.1 Å². The first-order valence-electron chi connectivity index (χ1n) is 9.41. The van der Waals surface area contributed by atoms with Gasteiger partial charge in [0.2, 0.25) is 11.7 Å². The van der Waals surface area contributed by atoms with E-state index in [4.69, 9.17) is 4.42 Å². The Kier molecular flexibility index (Phi) is 6.35. The van der Waals surface area contributed by atoms with Gasteiger partial charge in [0.25, 0.3) is 0 Å². The number of hydrogen-bond donors (Lipinski definition) is 2. The number of unbranched alkanes of at least 4 members (excludes halogenated alkanes) is 4. The Bertz CT molecular complexity index is 892. The molecule has 7 heteroatoms. The SMILES string of the molecule is CCCCCCCNC(=O)Nc1nc(C)c2cc(-c3ccncc3)oc2n1. The molecule has 2 N–H and O–H groups in total. The van der Waals surface area contributed by atoms with Crippen molar-refractivity contribution < 1.29 is 9.21 Å². The predicted octanol–water partition coefficient (Wildman–Crippen LogP) is 4.69. The number of pyridine rings is 1.